The standard InChI is InChI=1S/C18H23ClN6O2/c1-11-7-12(2)10-24(9-11)17-15(25(26)27)16(20)22-18(23-17)21-8-13-3-5-14(19)6-4-13/h3-6,11-12H,7-10H2,1-2H3,(H3,20,21,22,23)/t11-,12-/m0/s1. The molecule has 144 valence electrons. The second-order valence-corrected chi connectivity index (χ2v) is 7.63. The summed E-state index contributed by atoms with van der Waals surface area (Å²) in [4.78, 5) is 21.5. The molecule has 2 aromatic rings. The molecule has 1 aromatic carbocycles. The summed E-state index contributed by atoms with van der Waals surface area (Å²) in [5.74, 6) is 1.28. The number of nitro groups is 1. The Morgan fingerprint density at radius 3 is 2.48 bits per heavy atom. The number of rotatable bonds is 5. The smallest absolute Gasteiger partial charge is 0.353 e. The highest BCUT2D eigenvalue weighted by atomic mass is 35.5. The van der Waals surface area contributed by atoms with Gasteiger partial charge >= 0.3 is 5.69 Å². The molecule has 0 unspecified atom stereocenters. The fourth-order valence-electron chi connectivity index (χ4n) is 3.55. The molecule has 0 amide bonds. The third kappa shape index (κ3) is 4.57. The van der Waals surface area contributed by atoms with Crippen LogP contribution < -0.4 is 16.0 Å². The van der Waals surface area contributed by atoms with Crippen molar-refractivity contribution in [3.8, 4) is 0 Å². The first-order valence-corrected chi connectivity index (χ1v) is 9.26. The van der Waals surface area contributed by atoms with Crippen molar-refractivity contribution in [1.29, 1.82) is 0 Å². The molecule has 27 heavy (non-hydrogen) atoms. The van der Waals surface area contributed by atoms with Crippen LogP contribution in [0.5, 0.6) is 0 Å². The molecule has 0 aliphatic carbocycles. The summed E-state index contributed by atoms with van der Waals surface area (Å²) in [5, 5.41) is 15.3. The summed E-state index contributed by atoms with van der Waals surface area (Å²) in [6, 6.07) is 7.37. The predicted molar refractivity (Wildman–Crippen MR) is 107 cm³/mol. The van der Waals surface area contributed by atoms with Crippen LogP contribution in [-0.4, -0.2) is 28.0 Å². The molecule has 2 heterocycles. The summed E-state index contributed by atoms with van der Waals surface area (Å²) in [7, 11) is 0. The van der Waals surface area contributed by atoms with Gasteiger partial charge in [-0.1, -0.05) is 37.6 Å². The average molecular weight is 391 g/mol. The lowest BCUT2D eigenvalue weighted by Gasteiger charge is -2.35. The van der Waals surface area contributed by atoms with Crippen molar-refractivity contribution in [3.63, 3.8) is 0 Å². The second kappa shape index (κ2) is 7.96. The van der Waals surface area contributed by atoms with Gasteiger partial charge in [0.25, 0.3) is 0 Å². The van der Waals surface area contributed by atoms with E-state index in [0.29, 0.717) is 36.5 Å². The molecule has 1 fully saturated rings. The van der Waals surface area contributed by atoms with Gasteiger partial charge in [-0.25, -0.2) is 0 Å². The van der Waals surface area contributed by atoms with Gasteiger partial charge in [-0.15, -0.1) is 0 Å². The van der Waals surface area contributed by atoms with E-state index in [0.717, 1.165) is 12.0 Å². The number of halogens is 1. The molecule has 0 bridgehead atoms. The summed E-state index contributed by atoms with van der Waals surface area (Å²) >= 11 is 5.90. The Morgan fingerprint density at radius 2 is 1.89 bits per heavy atom. The third-order valence-corrected chi connectivity index (χ3v) is 4.86. The van der Waals surface area contributed by atoms with Crippen molar-refractivity contribution >= 4 is 34.9 Å². The summed E-state index contributed by atoms with van der Waals surface area (Å²) in [6.07, 6.45) is 1.09. The molecule has 1 aromatic heterocycles. The van der Waals surface area contributed by atoms with E-state index in [9.17, 15) is 10.1 Å². The topological polar surface area (TPSA) is 110 Å². The van der Waals surface area contributed by atoms with Crippen LogP contribution in [0.3, 0.4) is 0 Å². The molecule has 0 saturated carbocycles. The van der Waals surface area contributed by atoms with Gasteiger partial charge in [-0.3, -0.25) is 10.1 Å². The Balaban J connectivity index is 1.88. The molecule has 1 aliphatic rings. The number of nitrogens with two attached hydrogens (primary N) is 1. The van der Waals surface area contributed by atoms with Crippen molar-refractivity contribution in [2.45, 2.75) is 26.8 Å². The van der Waals surface area contributed by atoms with E-state index in [2.05, 4.69) is 29.1 Å². The monoisotopic (exact) mass is 390 g/mol. The van der Waals surface area contributed by atoms with E-state index in [1.54, 1.807) is 12.1 Å². The maximum absolute atomic E-state index is 11.6. The van der Waals surface area contributed by atoms with Gasteiger partial charge in [0.2, 0.25) is 17.6 Å². The first kappa shape index (κ1) is 19.2. The number of nitrogens with one attached hydrogen (secondary N) is 1. The van der Waals surface area contributed by atoms with Gasteiger partial charge in [-0.05, 0) is 36.0 Å². The average Bonchev–Trinajstić information content (AvgIpc) is 2.59. The molecule has 8 nitrogen and oxygen atoms in total. The van der Waals surface area contributed by atoms with Crippen molar-refractivity contribution in [2.24, 2.45) is 11.8 Å². The lowest BCUT2D eigenvalue weighted by molar-refractivity contribution is -0.383. The van der Waals surface area contributed by atoms with Crippen molar-refractivity contribution < 1.29 is 4.92 Å². The van der Waals surface area contributed by atoms with Crippen molar-refractivity contribution in [2.75, 3.05) is 29.0 Å². The molecule has 1 aliphatic heterocycles. The number of nitrogen functional groups attached to an aromatic ring is 1. The minimum Gasteiger partial charge on any atom is -0.378 e. The Bertz CT molecular complexity index is 819. The zero-order chi connectivity index (χ0) is 19.6. The Labute approximate surface area is 162 Å². The fourth-order valence-corrected chi connectivity index (χ4v) is 3.68. The maximum Gasteiger partial charge on any atom is 0.353 e. The molecule has 1 saturated heterocycles. The van der Waals surface area contributed by atoms with E-state index in [1.165, 1.54) is 0 Å². The van der Waals surface area contributed by atoms with Gasteiger partial charge in [0.05, 0.1) is 4.92 Å². The van der Waals surface area contributed by atoms with Gasteiger partial charge in [0.1, 0.15) is 0 Å². The molecule has 3 rings (SSSR count). The van der Waals surface area contributed by atoms with Crippen molar-refractivity contribution in [3.05, 3.63) is 45.0 Å². The highest BCUT2D eigenvalue weighted by molar-refractivity contribution is 6.30. The Morgan fingerprint density at radius 1 is 1.26 bits per heavy atom. The molecule has 9 heteroatoms. The van der Waals surface area contributed by atoms with E-state index in [1.807, 2.05) is 17.0 Å². The second-order valence-electron chi connectivity index (χ2n) is 7.19. The number of nitrogens with zero attached hydrogens (tertiary/aromatic N) is 4. The number of aromatic nitrogens is 2. The van der Waals surface area contributed by atoms with E-state index >= 15 is 0 Å². The normalized spacial score (nSPS) is 19.7. The minimum atomic E-state index is -0.502. The number of benzene rings is 1. The first-order valence-electron chi connectivity index (χ1n) is 8.88. The number of piperidine rings is 1. The van der Waals surface area contributed by atoms with Crippen LogP contribution in [0.25, 0.3) is 0 Å². The molecular weight excluding hydrogens is 368 g/mol. The van der Waals surface area contributed by atoms with E-state index < -0.39 is 4.92 Å². The predicted octanol–water partition coefficient (Wildman–Crippen LogP) is 3.71. The number of hydrogen-bond acceptors (Lipinski definition) is 7. The molecule has 0 spiro atoms. The van der Waals surface area contributed by atoms with Crippen LogP contribution in [0.4, 0.5) is 23.3 Å². The minimum absolute atomic E-state index is 0.130. The van der Waals surface area contributed by atoms with Crippen LogP contribution in [-0.2, 0) is 6.54 Å². The number of hydrogen-bond donors (Lipinski definition) is 2. The van der Waals surface area contributed by atoms with Crippen LogP contribution in [0.2, 0.25) is 5.02 Å². The van der Waals surface area contributed by atoms with Gasteiger partial charge in [0.15, 0.2) is 0 Å². The van der Waals surface area contributed by atoms with Crippen LogP contribution in [0, 0.1) is 22.0 Å². The fraction of sp³-hybridized carbons (Fsp3) is 0.444. The Kier molecular flexibility index (Phi) is 5.65. The van der Waals surface area contributed by atoms with Crippen LogP contribution >= 0.6 is 11.6 Å². The highest BCUT2D eigenvalue weighted by Crippen LogP contribution is 2.35. The number of anilines is 3. The van der Waals surface area contributed by atoms with E-state index in [4.69, 9.17) is 17.3 Å². The van der Waals surface area contributed by atoms with Gasteiger partial charge in [-0.2, -0.15) is 9.97 Å². The zero-order valence-corrected chi connectivity index (χ0v) is 16.1. The van der Waals surface area contributed by atoms with Gasteiger partial charge < -0.3 is 16.0 Å². The summed E-state index contributed by atoms with van der Waals surface area (Å²) < 4.78 is 0. The third-order valence-electron chi connectivity index (χ3n) is 4.61. The summed E-state index contributed by atoms with van der Waals surface area (Å²) in [6.45, 7) is 6.15. The summed E-state index contributed by atoms with van der Waals surface area (Å²) in [5.41, 5.74) is 6.67. The lowest BCUT2D eigenvalue weighted by Crippen LogP contribution is -2.39. The largest absolute Gasteiger partial charge is 0.378 e. The molecule has 2 atom stereocenters. The Hall–Kier alpha value is -2.61. The SMILES string of the molecule is C[C@H]1C[C@H](C)CN(c2nc(NCc3ccc(Cl)cc3)nc(N)c2[N+](=O)[O-])C1. The van der Waals surface area contributed by atoms with Crippen LogP contribution in [0.1, 0.15) is 25.8 Å². The molecule has 0 radical (unpaired) electrons. The molecule has 3 N–H and O–H groups in total. The van der Waals surface area contributed by atoms with Crippen LogP contribution in [0.15, 0.2) is 24.3 Å². The quantitative estimate of drug-likeness (QED) is 0.591. The maximum atomic E-state index is 11.6. The zero-order valence-electron chi connectivity index (χ0n) is 15.4. The van der Waals surface area contributed by atoms with Crippen molar-refractivity contribution in [1.82, 2.24) is 9.97 Å². The van der Waals surface area contributed by atoms with E-state index in [-0.39, 0.29) is 23.3 Å². The molecular formula is C18H23ClN6O2. The van der Waals surface area contributed by atoms with Gasteiger partial charge in [0, 0.05) is 24.7 Å². The highest BCUT2D eigenvalue weighted by Gasteiger charge is 2.31. The lowest BCUT2D eigenvalue weighted by atomic mass is 9.92. The first-order chi connectivity index (χ1) is 12.8.